The molecule has 0 aromatic carbocycles. The van der Waals surface area contributed by atoms with Crippen LogP contribution in [0.3, 0.4) is 0 Å². The van der Waals surface area contributed by atoms with Crippen LogP contribution in [0.4, 0.5) is 8.78 Å². The zero-order valence-corrected chi connectivity index (χ0v) is 6.11. The third-order valence-corrected chi connectivity index (χ3v) is 2.22. The van der Waals surface area contributed by atoms with E-state index in [1.165, 1.54) is 0 Å². The van der Waals surface area contributed by atoms with Gasteiger partial charge in [0.1, 0.15) is 0 Å². The standard InChI is InChI=1S/C7H13F2N/c1-7(8,9)5-3-2-4-6(5)10/h5-6H,2-4,10H2,1H3. The average Bonchev–Trinajstić information content (AvgIpc) is 2.11. The molecule has 0 aromatic rings. The second-order valence-corrected chi connectivity index (χ2v) is 3.16. The van der Waals surface area contributed by atoms with Crippen LogP contribution in [0.15, 0.2) is 0 Å². The average molecular weight is 149 g/mol. The van der Waals surface area contributed by atoms with E-state index in [4.69, 9.17) is 5.73 Å². The maximum absolute atomic E-state index is 12.6. The van der Waals surface area contributed by atoms with Gasteiger partial charge in [0, 0.05) is 12.0 Å². The normalized spacial score (nSPS) is 34.8. The molecule has 3 heteroatoms. The molecule has 10 heavy (non-hydrogen) atoms. The minimum Gasteiger partial charge on any atom is -0.327 e. The highest BCUT2D eigenvalue weighted by Crippen LogP contribution is 2.36. The number of rotatable bonds is 1. The fourth-order valence-corrected chi connectivity index (χ4v) is 1.62. The summed E-state index contributed by atoms with van der Waals surface area (Å²) in [5.41, 5.74) is 5.49. The molecular weight excluding hydrogens is 136 g/mol. The molecule has 1 aliphatic carbocycles. The first-order chi connectivity index (χ1) is 4.52. The first kappa shape index (κ1) is 7.92. The van der Waals surface area contributed by atoms with E-state index in [0.717, 1.165) is 19.8 Å². The monoisotopic (exact) mass is 149 g/mol. The Labute approximate surface area is 59.6 Å². The van der Waals surface area contributed by atoms with Crippen LogP contribution in [-0.2, 0) is 0 Å². The molecule has 2 N–H and O–H groups in total. The smallest absolute Gasteiger partial charge is 0.249 e. The summed E-state index contributed by atoms with van der Waals surface area (Å²) in [6.07, 6.45) is 2.20. The van der Waals surface area contributed by atoms with Crippen molar-refractivity contribution in [3.8, 4) is 0 Å². The molecule has 0 radical (unpaired) electrons. The molecule has 0 bridgehead atoms. The third-order valence-electron chi connectivity index (χ3n) is 2.22. The van der Waals surface area contributed by atoms with Gasteiger partial charge in [-0.2, -0.15) is 0 Å². The van der Waals surface area contributed by atoms with E-state index in [9.17, 15) is 8.78 Å². The molecule has 0 aromatic heterocycles. The van der Waals surface area contributed by atoms with Gasteiger partial charge < -0.3 is 5.73 Å². The molecule has 0 saturated heterocycles. The van der Waals surface area contributed by atoms with Crippen molar-refractivity contribution in [3.05, 3.63) is 0 Å². The van der Waals surface area contributed by atoms with Gasteiger partial charge in [-0.25, -0.2) is 8.78 Å². The molecule has 0 amide bonds. The maximum Gasteiger partial charge on any atom is 0.249 e. The van der Waals surface area contributed by atoms with Gasteiger partial charge in [-0.1, -0.05) is 6.42 Å². The van der Waals surface area contributed by atoms with E-state index in [0.29, 0.717) is 6.42 Å². The Kier molecular flexibility index (Phi) is 1.95. The Morgan fingerprint density at radius 1 is 1.40 bits per heavy atom. The minimum atomic E-state index is -2.57. The number of halogens is 2. The van der Waals surface area contributed by atoms with Gasteiger partial charge in [0.25, 0.3) is 0 Å². The summed E-state index contributed by atoms with van der Waals surface area (Å²) in [6.45, 7) is 0.961. The van der Waals surface area contributed by atoms with Gasteiger partial charge in [-0.15, -0.1) is 0 Å². The Morgan fingerprint density at radius 3 is 2.20 bits per heavy atom. The summed E-state index contributed by atoms with van der Waals surface area (Å²) in [7, 11) is 0. The van der Waals surface area contributed by atoms with Gasteiger partial charge in [0.15, 0.2) is 0 Å². The molecular formula is C7H13F2N. The van der Waals surface area contributed by atoms with Crippen LogP contribution >= 0.6 is 0 Å². The van der Waals surface area contributed by atoms with Crippen molar-refractivity contribution in [1.82, 2.24) is 0 Å². The van der Waals surface area contributed by atoms with Crippen LogP contribution in [-0.4, -0.2) is 12.0 Å². The van der Waals surface area contributed by atoms with E-state index in [1.54, 1.807) is 0 Å². The second-order valence-electron chi connectivity index (χ2n) is 3.16. The fourth-order valence-electron chi connectivity index (χ4n) is 1.62. The zero-order valence-electron chi connectivity index (χ0n) is 6.11. The quantitative estimate of drug-likeness (QED) is 0.604. The number of nitrogens with two attached hydrogens (primary N) is 1. The van der Waals surface area contributed by atoms with E-state index in [1.807, 2.05) is 0 Å². The van der Waals surface area contributed by atoms with Crippen molar-refractivity contribution in [2.24, 2.45) is 11.7 Å². The van der Waals surface area contributed by atoms with E-state index >= 15 is 0 Å². The lowest BCUT2D eigenvalue weighted by atomic mass is 9.98. The van der Waals surface area contributed by atoms with E-state index in [2.05, 4.69) is 0 Å². The maximum atomic E-state index is 12.6. The number of hydrogen-bond acceptors (Lipinski definition) is 1. The molecule has 1 rings (SSSR count). The predicted octanol–water partition coefficient (Wildman–Crippen LogP) is 1.77. The van der Waals surface area contributed by atoms with Gasteiger partial charge in [-0.05, 0) is 19.8 Å². The predicted molar refractivity (Wildman–Crippen MR) is 35.9 cm³/mol. The highest BCUT2D eigenvalue weighted by atomic mass is 19.3. The topological polar surface area (TPSA) is 26.0 Å². The summed E-state index contributed by atoms with van der Waals surface area (Å²) in [6, 6.07) is -0.278. The SMILES string of the molecule is CC(F)(F)C1CCCC1N. The second kappa shape index (κ2) is 2.46. The summed E-state index contributed by atoms with van der Waals surface area (Å²) < 4.78 is 25.2. The van der Waals surface area contributed by atoms with E-state index in [-0.39, 0.29) is 6.04 Å². The third kappa shape index (κ3) is 1.45. The zero-order chi connectivity index (χ0) is 7.78. The fraction of sp³-hybridized carbons (Fsp3) is 1.00. The number of alkyl halides is 2. The molecule has 0 aliphatic heterocycles. The van der Waals surface area contributed by atoms with Crippen LogP contribution in [0.25, 0.3) is 0 Å². The molecule has 60 valence electrons. The summed E-state index contributed by atoms with van der Waals surface area (Å²) >= 11 is 0. The van der Waals surface area contributed by atoms with Crippen molar-refractivity contribution in [1.29, 1.82) is 0 Å². The summed E-state index contributed by atoms with van der Waals surface area (Å²) in [5.74, 6) is -3.15. The van der Waals surface area contributed by atoms with E-state index < -0.39 is 11.8 Å². The first-order valence-corrected chi connectivity index (χ1v) is 3.65. The Balaban J connectivity index is 2.55. The highest BCUT2D eigenvalue weighted by Gasteiger charge is 2.40. The first-order valence-electron chi connectivity index (χ1n) is 3.65. The van der Waals surface area contributed by atoms with Crippen LogP contribution in [0, 0.1) is 5.92 Å². The van der Waals surface area contributed by atoms with Crippen molar-refractivity contribution < 1.29 is 8.78 Å². The molecule has 1 aliphatic rings. The minimum absolute atomic E-state index is 0.278. The lowest BCUT2D eigenvalue weighted by molar-refractivity contribution is -0.0421. The van der Waals surface area contributed by atoms with Crippen LogP contribution in [0.2, 0.25) is 0 Å². The lowest BCUT2D eigenvalue weighted by Gasteiger charge is -2.22. The van der Waals surface area contributed by atoms with Gasteiger partial charge in [-0.3, -0.25) is 0 Å². The Hall–Kier alpha value is -0.180. The summed E-state index contributed by atoms with van der Waals surface area (Å²) in [4.78, 5) is 0. The number of hydrogen-bond donors (Lipinski definition) is 1. The highest BCUT2D eigenvalue weighted by molar-refractivity contribution is 4.87. The molecule has 0 spiro atoms. The molecule has 1 fully saturated rings. The van der Waals surface area contributed by atoms with Crippen molar-refractivity contribution in [2.45, 2.75) is 38.2 Å². The lowest BCUT2D eigenvalue weighted by Crippen LogP contribution is -2.36. The van der Waals surface area contributed by atoms with Crippen LogP contribution in [0.5, 0.6) is 0 Å². The Bertz CT molecular complexity index is 119. The van der Waals surface area contributed by atoms with Crippen molar-refractivity contribution in [3.63, 3.8) is 0 Å². The molecule has 2 atom stereocenters. The van der Waals surface area contributed by atoms with Crippen LogP contribution in [0.1, 0.15) is 26.2 Å². The van der Waals surface area contributed by atoms with Crippen molar-refractivity contribution >= 4 is 0 Å². The molecule has 2 unspecified atom stereocenters. The summed E-state index contributed by atoms with van der Waals surface area (Å²) in [5, 5.41) is 0. The largest absolute Gasteiger partial charge is 0.327 e. The van der Waals surface area contributed by atoms with Gasteiger partial charge in [0.05, 0.1) is 0 Å². The molecule has 0 heterocycles. The van der Waals surface area contributed by atoms with Crippen molar-refractivity contribution in [2.75, 3.05) is 0 Å². The Morgan fingerprint density at radius 2 is 2.00 bits per heavy atom. The molecule has 1 saturated carbocycles. The molecule has 1 nitrogen and oxygen atoms in total. The van der Waals surface area contributed by atoms with Gasteiger partial charge in [0.2, 0.25) is 5.92 Å². The van der Waals surface area contributed by atoms with Crippen LogP contribution < -0.4 is 5.73 Å². The van der Waals surface area contributed by atoms with Gasteiger partial charge >= 0.3 is 0 Å².